The van der Waals surface area contributed by atoms with Gasteiger partial charge in [0.05, 0.1) is 0 Å². The van der Waals surface area contributed by atoms with Gasteiger partial charge in [0.1, 0.15) is 0 Å². The van der Waals surface area contributed by atoms with E-state index < -0.39 is 0 Å². The molecule has 5 heteroatoms. The molecule has 1 N–H and O–H groups in total. The summed E-state index contributed by atoms with van der Waals surface area (Å²) in [5.74, 6) is 0. The topological polar surface area (TPSA) is 54.9 Å². The van der Waals surface area contributed by atoms with E-state index in [4.69, 9.17) is 0 Å². The van der Waals surface area contributed by atoms with E-state index in [9.17, 15) is 9.59 Å². The van der Waals surface area contributed by atoms with E-state index in [-0.39, 0.29) is 16.5 Å². The Morgan fingerprint density at radius 2 is 1.70 bits per heavy atom. The summed E-state index contributed by atoms with van der Waals surface area (Å²) in [6, 6.07) is 0. The smallest absolute Gasteiger partial charge is 0.268 e. The first-order valence-corrected chi connectivity index (χ1v) is 8.47. The minimum atomic E-state index is -0.152. The van der Waals surface area contributed by atoms with E-state index in [1.165, 1.54) is 30.4 Å². The van der Waals surface area contributed by atoms with Crippen molar-refractivity contribution in [1.82, 2.24) is 9.78 Å². The Morgan fingerprint density at radius 1 is 1.10 bits per heavy atom. The lowest BCUT2D eigenvalue weighted by Gasteiger charge is -2.31. The van der Waals surface area contributed by atoms with Gasteiger partial charge < -0.3 is 0 Å². The first-order chi connectivity index (χ1) is 9.49. The van der Waals surface area contributed by atoms with Crippen molar-refractivity contribution in [1.29, 1.82) is 0 Å². The van der Waals surface area contributed by atoms with Crippen LogP contribution < -0.4 is 11.1 Å². The second-order valence-electron chi connectivity index (χ2n) is 6.13. The van der Waals surface area contributed by atoms with E-state index in [1.807, 2.05) is 0 Å². The van der Waals surface area contributed by atoms with Crippen molar-refractivity contribution in [2.45, 2.75) is 58.9 Å². The molecule has 1 heterocycles. The van der Waals surface area contributed by atoms with Crippen LogP contribution in [-0.4, -0.2) is 15.1 Å². The van der Waals surface area contributed by atoms with E-state index in [2.05, 4.69) is 21.0 Å². The van der Waals surface area contributed by atoms with Gasteiger partial charge >= 0.3 is 0 Å². The fourth-order valence-corrected chi connectivity index (χ4v) is 3.79. The van der Waals surface area contributed by atoms with Crippen LogP contribution in [0, 0.1) is 19.3 Å². The Morgan fingerprint density at radius 3 is 2.25 bits per heavy atom. The summed E-state index contributed by atoms with van der Waals surface area (Å²) in [4.78, 5) is 24.2. The highest BCUT2D eigenvalue weighted by molar-refractivity contribution is 9.09. The van der Waals surface area contributed by atoms with Gasteiger partial charge in [0.25, 0.3) is 11.1 Å². The highest BCUT2D eigenvalue weighted by atomic mass is 79.9. The predicted octanol–water partition coefficient (Wildman–Crippen LogP) is 2.89. The lowest BCUT2D eigenvalue weighted by Crippen LogP contribution is -2.39. The van der Waals surface area contributed by atoms with Crippen LogP contribution in [0.15, 0.2) is 9.59 Å². The molecule has 112 valence electrons. The number of H-pyrrole nitrogens is 1. The summed E-state index contributed by atoms with van der Waals surface area (Å²) in [5, 5.41) is 3.62. The third-order valence-electron chi connectivity index (χ3n) is 4.65. The molecule has 0 aromatic carbocycles. The molecule has 0 amide bonds. The molecule has 0 bridgehead atoms. The molecule has 0 aliphatic heterocycles. The maximum atomic E-state index is 12.3. The number of hydrogen-bond acceptors (Lipinski definition) is 2. The lowest BCUT2D eigenvalue weighted by molar-refractivity contribution is 0.226. The van der Waals surface area contributed by atoms with Crippen LogP contribution in [0.2, 0.25) is 0 Å². The Bertz CT molecular complexity index is 581. The van der Waals surface area contributed by atoms with Gasteiger partial charge in [-0.2, -0.15) is 0 Å². The van der Waals surface area contributed by atoms with Crippen molar-refractivity contribution in [3.63, 3.8) is 0 Å². The third-order valence-corrected chi connectivity index (χ3v) is 5.84. The fourth-order valence-electron chi connectivity index (χ4n) is 3.05. The number of halogens is 1. The summed E-state index contributed by atoms with van der Waals surface area (Å²) in [5.41, 5.74) is 0.963. The first kappa shape index (κ1) is 15.5. The van der Waals surface area contributed by atoms with E-state index >= 15 is 0 Å². The zero-order valence-corrected chi connectivity index (χ0v) is 13.9. The number of hydrogen-bond donors (Lipinski definition) is 1. The van der Waals surface area contributed by atoms with Gasteiger partial charge in [0, 0.05) is 23.0 Å². The number of rotatable bonds is 3. The number of alkyl halides is 1. The summed E-state index contributed by atoms with van der Waals surface area (Å²) < 4.78 is 1.53. The minimum absolute atomic E-state index is 0.0633. The zero-order valence-electron chi connectivity index (χ0n) is 12.3. The second-order valence-corrected chi connectivity index (χ2v) is 6.69. The van der Waals surface area contributed by atoms with Crippen LogP contribution in [0.25, 0.3) is 0 Å². The van der Waals surface area contributed by atoms with Crippen LogP contribution in [0.3, 0.4) is 0 Å². The van der Waals surface area contributed by atoms with E-state index in [0.29, 0.717) is 17.7 Å². The number of aromatic amines is 1. The molecule has 4 nitrogen and oxygen atoms in total. The SMILES string of the molecule is Cc1c(C)c(=O)n(CC2(CBr)CCCCCC2)[nH]c1=O. The molecule has 0 spiro atoms. The van der Waals surface area contributed by atoms with Crippen LogP contribution in [-0.2, 0) is 6.54 Å². The van der Waals surface area contributed by atoms with Crippen molar-refractivity contribution in [2.24, 2.45) is 5.41 Å². The molecular formula is C15H23BrN2O2. The first-order valence-electron chi connectivity index (χ1n) is 7.35. The molecule has 0 saturated heterocycles. The molecule has 1 saturated carbocycles. The van der Waals surface area contributed by atoms with Crippen LogP contribution >= 0.6 is 15.9 Å². The zero-order chi connectivity index (χ0) is 14.8. The number of nitrogens with zero attached hydrogens (tertiary/aromatic N) is 1. The average Bonchev–Trinajstić information content (AvgIpc) is 2.68. The molecule has 1 fully saturated rings. The Labute approximate surface area is 127 Å². The quantitative estimate of drug-likeness (QED) is 0.678. The fraction of sp³-hybridized carbons (Fsp3) is 0.733. The molecule has 20 heavy (non-hydrogen) atoms. The summed E-state index contributed by atoms with van der Waals surface area (Å²) in [6.45, 7) is 4.04. The maximum Gasteiger partial charge on any atom is 0.268 e. The average molecular weight is 343 g/mol. The van der Waals surface area contributed by atoms with Crippen LogP contribution in [0.1, 0.15) is 49.7 Å². The minimum Gasteiger partial charge on any atom is -0.268 e. The monoisotopic (exact) mass is 342 g/mol. The van der Waals surface area contributed by atoms with E-state index in [0.717, 1.165) is 18.2 Å². The van der Waals surface area contributed by atoms with Crippen molar-refractivity contribution in [2.75, 3.05) is 5.33 Å². The molecular weight excluding hydrogens is 320 g/mol. The van der Waals surface area contributed by atoms with Crippen LogP contribution in [0.5, 0.6) is 0 Å². The second kappa shape index (κ2) is 6.29. The van der Waals surface area contributed by atoms with Crippen LogP contribution in [0.4, 0.5) is 0 Å². The van der Waals surface area contributed by atoms with Gasteiger partial charge in [-0.15, -0.1) is 0 Å². The summed E-state index contributed by atoms with van der Waals surface area (Å²) >= 11 is 3.63. The van der Waals surface area contributed by atoms with Gasteiger partial charge in [0.2, 0.25) is 0 Å². The molecule has 2 rings (SSSR count). The number of nitrogens with one attached hydrogen (secondary N) is 1. The van der Waals surface area contributed by atoms with Gasteiger partial charge in [0.15, 0.2) is 0 Å². The predicted molar refractivity (Wildman–Crippen MR) is 84.7 cm³/mol. The summed E-state index contributed by atoms with van der Waals surface area (Å²) in [6.07, 6.45) is 7.17. The number of aromatic nitrogens is 2. The maximum absolute atomic E-state index is 12.3. The lowest BCUT2D eigenvalue weighted by atomic mass is 9.82. The highest BCUT2D eigenvalue weighted by Crippen LogP contribution is 2.37. The van der Waals surface area contributed by atoms with Gasteiger partial charge in [-0.1, -0.05) is 41.6 Å². The Balaban J connectivity index is 2.37. The van der Waals surface area contributed by atoms with Crippen molar-refractivity contribution >= 4 is 15.9 Å². The van der Waals surface area contributed by atoms with E-state index in [1.54, 1.807) is 13.8 Å². The van der Waals surface area contributed by atoms with Gasteiger partial charge in [-0.3, -0.25) is 14.7 Å². The van der Waals surface area contributed by atoms with Crippen molar-refractivity contribution < 1.29 is 0 Å². The van der Waals surface area contributed by atoms with Crippen molar-refractivity contribution in [3.8, 4) is 0 Å². The third kappa shape index (κ3) is 3.08. The Kier molecular flexibility index (Phi) is 4.89. The van der Waals surface area contributed by atoms with Crippen molar-refractivity contribution in [3.05, 3.63) is 31.8 Å². The molecule has 1 aliphatic rings. The molecule has 1 aromatic rings. The molecule has 1 aromatic heterocycles. The summed E-state index contributed by atoms with van der Waals surface area (Å²) in [7, 11) is 0. The largest absolute Gasteiger partial charge is 0.268 e. The van der Waals surface area contributed by atoms with Gasteiger partial charge in [-0.25, -0.2) is 4.68 Å². The molecule has 0 atom stereocenters. The highest BCUT2D eigenvalue weighted by Gasteiger charge is 2.31. The van der Waals surface area contributed by atoms with Gasteiger partial charge in [-0.05, 0) is 32.1 Å². The molecule has 1 aliphatic carbocycles. The molecule has 0 radical (unpaired) electrons. The normalized spacial score (nSPS) is 18.8. The molecule has 0 unspecified atom stereocenters. The standard InChI is InChI=1S/C15H23BrN2O2/c1-11-12(2)14(20)18(17-13(11)19)10-15(9-16)7-5-3-4-6-8-15/h3-10H2,1-2H3,(H,17,19). The Hall–Kier alpha value is -0.840.